The molecule has 4 aromatic rings. The zero-order chi connectivity index (χ0) is 22.0. The Morgan fingerprint density at radius 1 is 1.08 bits per heavy atom. The minimum Gasteiger partial charge on any atom is -0.437 e. The molecule has 0 unspecified atom stereocenters. The summed E-state index contributed by atoms with van der Waals surface area (Å²) >= 11 is 0. The highest BCUT2D eigenvalue weighted by Gasteiger charge is 2.22. The van der Waals surface area contributed by atoms with E-state index in [0.717, 1.165) is 27.6 Å². The molecule has 0 spiro atoms. The molecule has 1 aromatic carbocycles. The molecule has 26 heavy (non-hydrogen) atoms. The predicted molar refractivity (Wildman–Crippen MR) is 106 cm³/mol. The number of hydrogen-bond donors (Lipinski definition) is 0. The van der Waals surface area contributed by atoms with Crippen LogP contribution in [-0.4, -0.2) is 4.98 Å². The van der Waals surface area contributed by atoms with Crippen LogP contribution in [0.25, 0.3) is 33.3 Å². The van der Waals surface area contributed by atoms with Crippen molar-refractivity contribution in [3.8, 4) is 11.3 Å². The number of aromatic nitrogens is 2. The van der Waals surface area contributed by atoms with E-state index in [1.165, 1.54) is 0 Å². The van der Waals surface area contributed by atoms with Gasteiger partial charge < -0.3 is 4.42 Å². The van der Waals surface area contributed by atoms with E-state index in [2.05, 4.69) is 4.98 Å². The molecule has 0 fully saturated rings. The van der Waals surface area contributed by atoms with E-state index < -0.39 is 12.7 Å². The number of rotatable bonds is 2. The molecule has 0 amide bonds. The summed E-state index contributed by atoms with van der Waals surface area (Å²) in [5, 5.41) is 1.85. The molecule has 3 aromatic heterocycles. The highest BCUT2D eigenvalue weighted by Crippen LogP contribution is 2.37. The maximum absolute atomic E-state index is 8.26. The van der Waals surface area contributed by atoms with Crippen LogP contribution in [0.4, 0.5) is 0 Å². The van der Waals surface area contributed by atoms with Crippen molar-refractivity contribution >= 4 is 22.1 Å². The number of pyridine rings is 2. The van der Waals surface area contributed by atoms with Crippen molar-refractivity contribution in [1.82, 2.24) is 4.98 Å². The SMILES string of the molecule is [2H]C([2H])([2H])c1c[n+](C)c(-c2c(C)ccc3c2oc2nc(C([2H])(C)C)ccc23)cc1C. The molecule has 0 N–H and O–H groups in total. The molecule has 0 aliphatic carbocycles. The van der Waals surface area contributed by atoms with Crippen molar-refractivity contribution in [2.75, 3.05) is 0 Å². The summed E-state index contributed by atoms with van der Waals surface area (Å²) in [4.78, 5) is 4.60. The highest BCUT2D eigenvalue weighted by atomic mass is 16.3. The van der Waals surface area contributed by atoms with Crippen molar-refractivity contribution in [3.63, 3.8) is 0 Å². The van der Waals surface area contributed by atoms with Gasteiger partial charge in [0.1, 0.15) is 7.05 Å². The van der Waals surface area contributed by atoms with Crippen LogP contribution in [0, 0.1) is 20.7 Å². The van der Waals surface area contributed by atoms with Crippen molar-refractivity contribution in [2.24, 2.45) is 7.05 Å². The normalized spacial score (nSPS) is 15.0. The topological polar surface area (TPSA) is 29.9 Å². The van der Waals surface area contributed by atoms with Gasteiger partial charge in [-0.05, 0) is 49.9 Å². The van der Waals surface area contributed by atoms with E-state index in [1.54, 1.807) is 20.0 Å². The van der Waals surface area contributed by atoms with E-state index in [4.69, 9.17) is 9.90 Å². The molecule has 132 valence electrons. The van der Waals surface area contributed by atoms with Crippen LogP contribution in [-0.2, 0) is 7.05 Å². The van der Waals surface area contributed by atoms with Crippen molar-refractivity contribution in [1.29, 1.82) is 0 Å². The second kappa shape index (κ2) is 5.94. The summed E-state index contributed by atoms with van der Waals surface area (Å²) in [6, 6.07) is 9.81. The highest BCUT2D eigenvalue weighted by molar-refractivity contribution is 6.08. The number of aryl methyl sites for hydroxylation is 4. The molecule has 0 saturated heterocycles. The van der Waals surface area contributed by atoms with Gasteiger partial charge in [0.25, 0.3) is 0 Å². The van der Waals surface area contributed by atoms with Crippen molar-refractivity contribution in [3.05, 3.63) is 58.9 Å². The summed E-state index contributed by atoms with van der Waals surface area (Å²) in [6.45, 7) is 5.28. The van der Waals surface area contributed by atoms with Gasteiger partial charge >= 0.3 is 0 Å². The van der Waals surface area contributed by atoms with E-state index in [-0.39, 0.29) is 0 Å². The van der Waals surface area contributed by atoms with Gasteiger partial charge in [-0.25, -0.2) is 9.55 Å². The van der Waals surface area contributed by atoms with Gasteiger partial charge in [0, 0.05) is 33.6 Å². The molecule has 3 heterocycles. The number of furan rings is 1. The molecule has 4 rings (SSSR count). The van der Waals surface area contributed by atoms with Crippen LogP contribution in [0.2, 0.25) is 0 Å². The summed E-state index contributed by atoms with van der Waals surface area (Å²) in [7, 11) is 1.85. The summed E-state index contributed by atoms with van der Waals surface area (Å²) in [5.74, 6) is -0.819. The minimum absolute atomic E-state index is 0.340. The average molecular weight is 349 g/mol. The summed E-state index contributed by atoms with van der Waals surface area (Å²) in [5.41, 5.74) is 5.75. The van der Waals surface area contributed by atoms with Crippen LogP contribution in [0.15, 0.2) is 40.9 Å². The first kappa shape index (κ1) is 12.6. The van der Waals surface area contributed by atoms with Gasteiger partial charge in [0.15, 0.2) is 11.8 Å². The molecule has 0 radical (unpaired) electrons. The van der Waals surface area contributed by atoms with Gasteiger partial charge in [-0.3, -0.25) is 0 Å². The van der Waals surface area contributed by atoms with E-state index >= 15 is 0 Å². The first-order valence-corrected chi connectivity index (χ1v) is 8.72. The number of nitrogens with zero attached hydrogens (tertiary/aromatic N) is 2. The second-order valence-electron chi connectivity index (χ2n) is 7.15. The Bertz CT molecular complexity index is 1300. The Kier molecular flexibility index (Phi) is 2.89. The molecule has 3 nitrogen and oxygen atoms in total. The zero-order valence-corrected chi connectivity index (χ0v) is 15.8. The third-order valence-corrected chi connectivity index (χ3v) is 4.96. The molecular weight excluding hydrogens is 320 g/mol. The van der Waals surface area contributed by atoms with Crippen LogP contribution in [0.5, 0.6) is 0 Å². The van der Waals surface area contributed by atoms with Crippen LogP contribution in [0.1, 0.15) is 47.6 Å². The quantitative estimate of drug-likeness (QED) is 0.446. The minimum atomic E-state index is -2.16. The number of hydrogen-bond acceptors (Lipinski definition) is 2. The smallest absolute Gasteiger partial charge is 0.227 e. The number of benzene rings is 1. The largest absolute Gasteiger partial charge is 0.437 e. The van der Waals surface area contributed by atoms with Crippen LogP contribution >= 0.6 is 0 Å². The zero-order valence-electron chi connectivity index (χ0n) is 19.8. The van der Waals surface area contributed by atoms with Gasteiger partial charge in [-0.15, -0.1) is 0 Å². The summed E-state index contributed by atoms with van der Waals surface area (Å²) < 4.78 is 39.7. The number of fused-ring (bicyclic) bond motifs is 3. The molecule has 3 heteroatoms. The Morgan fingerprint density at radius 2 is 1.85 bits per heavy atom. The maximum Gasteiger partial charge on any atom is 0.227 e. The maximum atomic E-state index is 8.26. The lowest BCUT2D eigenvalue weighted by molar-refractivity contribution is -0.660. The Balaban J connectivity index is 2.02. The Hall–Kier alpha value is -2.68. The molecule has 0 saturated carbocycles. The second-order valence-corrected chi connectivity index (χ2v) is 7.15. The summed E-state index contributed by atoms with van der Waals surface area (Å²) in [6.07, 6.45) is 1.68. The van der Waals surface area contributed by atoms with Crippen molar-refractivity contribution < 1.29 is 14.5 Å². The first-order chi connectivity index (χ1) is 13.9. The van der Waals surface area contributed by atoms with E-state index in [1.807, 2.05) is 55.8 Å². The lowest BCUT2D eigenvalue weighted by Gasteiger charge is -2.07. The molecular formula is C23H25N2O+. The van der Waals surface area contributed by atoms with Gasteiger partial charge in [-0.1, -0.05) is 26.0 Å². The van der Waals surface area contributed by atoms with Crippen LogP contribution < -0.4 is 4.57 Å². The van der Waals surface area contributed by atoms with Crippen LogP contribution in [0.3, 0.4) is 0 Å². The standard InChI is InChI=1S/C23H25N2O/c1-13(2)19-10-9-18-17-8-7-14(3)21(22(17)26-23(18)24-19)20-11-15(4)16(5)12-25(20)6/h7-13H,1-6H3/q+1/i5D3,13D. The Labute approximate surface area is 159 Å². The lowest BCUT2D eigenvalue weighted by Crippen LogP contribution is -2.31. The average Bonchev–Trinajstić information content (AvgIpc) is 2.99. The van der Waals surface area contributed by atoms with E-state index in [9.17, 15) is 0 Å². The van der Waals surface area contributed by atoms with Gasteiger partial charge in [0.2, 0.25) is 11.4 Å². The van der Waals surface area contributed by atoms with Gasteiger partial charge in [-0.2, -0.15) is 0 Å². The van der Waals surface area contributed by atoms with Gasteiger partial charge in [0.05, 0.1) is 5.56 Å². The third kappa shape index (κ3) is 2.50. The Morgan fingerprint density at radius 3 is 2.58 bits per heavy atom. The molecule has 0 aliphatic rings. The van der Waals surface area contributed by atoms with Crippen molar-refractivity contribution in [2.45, 2.75) is 40.4 Å². The monoisotopic (exact) mass is 349 g/mol. The first-order valence-electron chi connectivity index (χ1n) is 10.7. The molecule has 0 aliphatic heterocycles. The molecule has 0 atom stereocenters. The lowest BCUT2D eigenvalue weighted by atomic mass is 9.99. The predicted octanol–water partition coefficient (Wildman–Crippen LogP) is 5.52. The van der Waals surface area contributed by atoms with E-state index in [0.29, 0.717) is 28.1 Å². The molecule has 0 bridgehead atoms. The fourth-order valence-electron chi connectivity index (χ4n) is 3.41. The fraction of sp³-hybridized carbons (Fsp3) is 0.304. The fourth-order valence-corrected chi connectivity index (χ4v) is 3.41. The third-order valence-electron chi connectivity index (χ3n) is 4.96.